The monoisotopic (exact) mass is 921 g/mol. The van der Waals surface area contributed by atoms with Crippen molar-refractivity contribution >= 4 is 11.9 Å². The zero-order valence-corrected chi connectivity index (χ0v) is 44.0. The highest BCUT2D eigenvalue weighted by atomic mass is 16.6. The molecule has 0 aromatic rings. The molecular weight excluding hydrogens is 813 g/mol. The molecule has 0 aliphatic carbocycles. The summed E-state index contributed by atoms with van der Waals surface area (Å²) in [5, 5.41) is 0. The second-order valence-corrected chi connectivity index (χ2v) is 18.8. The minimum absolute atomic E-state index is 0.0726. The molecule has 0 saturated heterocycles. The molecule has 0 heterocycles. The molecule has 0 radical (unpaired) electrons. The van der Waals surface area contributed by atoms with Crippen LogP contribution in [0, 0.1) is 0 Å². The van der Waals surface area contributed by atoms with E-state index in [9.17, 15) is 9.59 Å². The third-order valence-corrected chi connectivity index (χ3v) is 12.2. The van der Waals surface area contributed by atoms with Gasteiger partial charge >= 0.3 is 11.9 Å². The molecule has 0 saturated carbocycles. The van der Waals surface area contributed by atoms with Gasteiger partial charge in [0.1, 0.15) is 6.61 Å². The van der Waals surface area contributed by atoms with Crippen LogP contribution >= 0.6 is 0 Å². The largest absolute Gasteiger partial charge is 0.462 e. The van der Waals surface area contributed by atoms with Crippen molar-refractivity contribution in [3.05, 3.63) is 72.9 Å². The lowest BCUT2D eigenvalue weighted by atomic mass is 10.0. The second kappa shape index (κ2) is 56.7. The molecule has 0 amide bonds. The van der Waals surface area contributed by atoms with E-state index >= 15 is 0 Å². The van der Waals surface area contributed by atoms with E-state index in [4.69, 9.17) is 14.2 Å². The second-order valence-electron chi connectivity index (χ2n) is 18.8. The first-order chi connectivity index (χ1) is 32.6. The molecule has 0 aromatic carbocycles. The van der Waals surface area contributed by atoms with Gasteiger partial charge in [0.25, 0.3) is 0 Å². The van der Waals surface area contributed by atoms with Gasteiger partial charge in [0.2, 0.25) is 0 Å². The fourth-order valence-electron chi connectivity index (χ4n) is 8.07. The average molecular weight is 922 g/mol. The van der Waals surface area contributed by atoms with Crippen LogP contribution in [0.4, 0.5) is 0 Å². The van der Waals surface area contributed by atoms with Crippen LogP contribution in [0.15, 0.2) is 72.9 Å². The molecule has 0 aromatic heterocycles. The van der Waals surface area contributed by atoms with E-state index in [2.05, 4.69) is 93.7 Å². The van der Waals surface area contributed by atoms with Crippen LogP contribution in [0.3, 0.4) is 0 Å². The summed E-state index contributed by atoms with van der Waals surface area (Å²) in [6.45, 7) is 7.58. The quantitative estimate of drug-likeness (QED) is 0.0346. The summed E-state index contributed by atoms with van der Waals surface area (Å²) in [5.41, 5.74) is 0. The van der Waals surface area contributed by atoms with E-state index < -0.39 is 6.10 Å². The summed E-state index contributed by atoms with van der Waals surface area (Å²) in [5.74, 6) is -0.411. The van der Waals surface area contributed by atoms with E-state index in [1.807, 2.05) is 0 Å². The zero-order valence-electron chi connectivity index (χ0n) is 44.0. The first-order valence-electron chi connectivity index (χ1n) is 28.5. The van der Waals surface area contributed by atoms with Crippen molar-refractivity contribution < 1.29 is 23.8 Å². The molecule has 66 heavy (non-hydrogen) atoms. The molecular formula is C61H108O5. The first-order valence-corrected chi connectivity index (χ1v) is 28.5. The number of ether oxygens (including phenoxy) is 3. The number of allylic oxidation sites excluding steroid dienone is 12. The van der Waals surface area contributed by atoms with Gasteiger partial charge in [-0.05, 0) is 83.5 Å². The van der Waals surface area contributed by atoms with Gasteiger partial charge in [-0.25, -0.2) is 0 Å². The Morgan fingerprint density at radius 3 is 1.09 bits per heavy atom. The normalized spacial score (nSPS) is 12.7. The van der Waals surface area contributed by atoms with Crippen LogP contribution in [0.5, 0.6) is 0 Å². The third-order valence-electron chi connectivity index (χ3n) is 12.2. The number of carbonyl (C=O) groups is 2. The number of hydrogen-bond donors (Lipinski definition) is 0. The number of carbonyl (C=O) groups excluding carboxylic acids is 2. The predicted octanol–water partition coefficient (Wildman–Crippen LogP) is 19.5. The average Bonchev–Trinajstić information content (AvgIpc) is 3.32. The van der Waals surface area contributed by atoms with Gasteiger partial charge in [-0.1, -0.05) is 254 Å². The Balaban J connectivity index is 4.27. The highest BCUT2D eigenvalue weighted by molar-refractivity contribution is 5.70. The molecule has 5 nitrogen and oxygen atoms in total. The number of unbranched alkanes of at least 4 members (excludes halogenated alkanes) is 29. The third kappa shape index (κ3) is 54.0. The van der Waals surface area contributed by atoms with Gasteiger partial charge < -0.3 is 14.2 Å². The van der Waals surface area contributed by atoms with Crippen LogP contribution in [0.1, 0.15) is 278 Å². The Labute approximate surface area is 410 Å². The number of esters is 2. The van der Waals surface area contributed by atoms with Gasteiger partial charge in [0.05, 0.1) is 6.61 Å². The highest BCUT2D eigenvalue weighted by Crippen LogP contribution is 2.16. The van der Waals surface area contributed by atoms with Crippen molar-refractivity contribution in [3.8, 4) is 0 Å². The fraction of sp³-hybridized carbons (Fsp3) is 0.770. The van der Waals surface area contributed by atoms with Crippen LogP contribution < -0.4 is 0 Å². The maximum absolute atomic E-state index is 12.8. The van der Waals surface area contributed by atoms with Crippen LogP contribution in [0.25, 0.3) is 0 Å². The Hall–Kier alpha value is -2.66. The minimum atomic E-state index is -0.554. The van der Waals surface area contributed by atoms with E-state index in [1.165, 1.54) is 148 Å². The molecule has 0 aliphatic rings. The molecule has 5 heteroatoms. The Bertz CT molecular complexity index is 1180. The summed E-state index contributed by atoms with van der Waals surface area (Å²) in [6, 6.07) is 0. The Kier molecular flexibility index (Phi) is 54.4. The lowest BCUT2D eigenvalue weighted by Crippen LogP contribution is -2.30. The zero-order chi connectivity index (χ0) is 47.7. The van der Waals surface area contributed by atoms with Gasteiger partial charge in [-0.15, -0.1) is 0 Å². The molecule has 0 N–H and O–H groups in total. The van der Waals surface area contributed by atoms with Gasteiger partial charge in [-0.2, -0.15) is 0 Å². The van der Waals surface area contributed by atoms with Crippen molar-refractivity contribution in [2.24, 2.45) is 0 Å². The van der Waals surface area contributed by atoms with Crippen molar-refractivity contribution in [1.29, 1.82) is 0 Å². The van der Waals surface area contributed by atoms with Crippen LogP contribution in [0.2, 0.25) is 0 Å². The minimum Gasteiger partial charge on any atom is -0.462 e. The first kappa shape index (κ1) is 63.3. The van der Waals surface area contributed by atoms with E-state index in [1.54, 1.807) is 0 Å². The maximum Gasteiger partial charge on any atom is 0.306 e. The van der Waals surface area contributed by atoms with E-state index in [0.717, 1.165) is 96.3 Å². The van der Waals surface area contributed by atoms with Crippen molar-refractivity contribution in [2.75, 3.05) is 19.8 Å². The summed E-state index contributed by atoms with van der Waals surface area (Å²) >= 11 is 0. The SMILES string of the molecule is CC/C=C\C/C=C\C/C=C\CCCCCCCCCC(=O)OC(COCCCCCC/C=C\C/C=C\C/C=C\CC)COC(=O)CCCCCCCCCCCCCCCCCCCCC. The molecule has 0 aliphatic heterocycles. The number of rotatable bonds is 52. The molecule has 0 rings (SSSR count). The molecule has 0 spiro atoms. The van der Waals surface area contributed by atoms with Crippen molar-refractivity contribution in [2.45, 2.75) is 284 Å². The van der Waals surface area contributed by atoms with Crippen LogP contribution in [-0.2, 0) is 23.8 Å². The highest BCUT2D eigenvalue weighted by Gasteiger charge is 2.17. The maximum atomic E-state index is 12.8. The van der Waals surface area contributed by atoms with Gasteiger partial charge in [-0.3, -0.25) is 9.59 Å². The Morgan fingerprint density at radius 1 is 0.348 bits per heavy atom. The topological polar surface area (TPSA) is 61.8 Å². The van der Waals surface area contributed by atoms with Gasteiger partial charge in [0.15, 0.2) is 6.10 Å². The molecule has 0 bridgehead atoms. The summed E-state index contributed by atoms with van der Waals surface area (Å²) < 4.78 is 17.4. The molecule has 1 atom stereocenters. The molecule has 382 valence electrons. The number of hydrogen-bond acceptors (Lipinski definition) is 5. The predicted molar refractivity (Wildman–Crippen MR) is 288 cm³/mol. The van der Waals surface area contributed by atoms with E-state index in [0.29, 0.717) is 19.4 Å². The molecule has 0 fully saturated rings. The standard InChI is InChI=1S/C61H108O5/c1-4-7-10-13-16-19-22-25-28-30-31-33-34-36-39-42-45-48-51-54-60(62)65-58-59(57-64-56-53-50-47-44-41-38-27-24-21-18-15-12-9-6-3)66-61(63)55-52-49-46-43-40-37-35-32-29-26-23-20-17-14-11-8-5-2/h8-9,11-12,17-18,20-21,26-27,29,38,59H,4-7,10,13-16,19,22-25,28,30-37,39-58H2,1-3H3/b11-8-,12-9-,20-17-,21-18-,29-26-,38-27-. The summed E-state index contributed by atoms with van der Waals surface area (Å²) in [7, 11) is 0. The van der Waals surface area contributed by atoms with Gasteiger partial charge in [0, 0.05) is 19.4 Å². The smallest absolute Gasteiger partial charge is 0.306 e. The fourth-order valence-corrected chi connectivity index (χ4v) is 8.07. The summed E-state index contributed by atoms with van der Waals surface area (Å²) in [4.78, 5) is 25.5. The van der Waals surface area contributed by atoms with Crippen molar-refractivity contribution in [3.63, 3.8) is 0 Å². The lowest BCUT2D eigenvalue weighted by Gasteiger charge is -2.18. The van der Waals surface area contributed by atoms with Crippen molar-refractivity contribution in [1.82, 2.24) is 0 Å². The lowest BCUT2D eigenvalue weighted by molar-refractivity contribution is -0.163. The summed E-state index contributed by atoms with van der Waals surface area (Å²) in [6.07, 6.45) is 73.5. The van der Waals surface area contributed by atoms with E-state index in [-0.39, 0.29) is 25.2 Å². The van der Waals surface area contributed by atoms with Crippen LogP contribution in [-0.4, -0.2) is 37.9 Å². The Morgan fingerprint density at radius 2 is 0.682 bits per heavy atom. The molecule has 1 unspecified atom stereocenters.